The van der Waals surface area contributed by atoms with Gasteiger partial charge in [-0.3, -0.25) is 0 Å². The van der Waals surface area contributed by atoms with Crippen LogP contribution in [0.2, 0.25) is 0 Å². The van der Waals surface area contributed by atoms with Crippen LogP contribution in [0.4, 0.5) is 0 Å². The lowest BCUT2D eigenvalue weighted by atomic mass is 10.00. The van der Waals surface area contributed by atoms with Gasteiger partial charge in [-0.25, -0.2) is 0 Å². The van der Waals surface area contributed by atoms with E-state index in [-0.39, 0.29) is 0 Å². The molecule has 1 N–H and O–H groups in total. The molecular formula is C23H31N3O. The molecule has 0 aliphatic rings. The average molecular weight is 366 g/mol. The summed E-state index contributed by atoms with van der Waals surface area (Å²) in [7, 11) is 0. The van der Waals surface area contributed by atoms with Gasteiger partial charge in [0.2, 0.25) is 0 Å². The van der Waals surface area contributed by atoms with Crippen molar-refractivity contribution in [3.8, 4) is 11.4 Å². The smallest absolute Gasteiger partial charge is 0.146 e. The van der Waals surface area contributed by atoms with Gasteiger partial charge in [0, 0.05) is 0 Å². The predicted molar refractivity (Wildman–Crippen MR) is 112 cm³/mol. The fourth-order valence-corrected chi connectivity index (χ4v) is 3.49. The molecule has 0 saturated carbocycles. The van der Waals surface area contributed by atoms with E-state index in [9.17, 15) is 5.11 Å². The van der Waals surface area contributed by atoms with E-state index in [1.165, 1.54) is 11.1 Å². The number of unbranched alkanes of at least 4 members (excludes halogenated alkanes) is 2. The Labute approximate surface area is 162 Å². The Hall–Kier alpha value is -2.36. The van der Waals surface area contributed by atoms with Gasteiger partial charge >= 0.3 is 0 Å². The maximum Gasteiger partial charge on any atom is 0.146 e. The van der Waals surface area contributed by atoms with Gasteiger partial charge in [0.15, 0.2) is 0 Å². The summed E-state index contributed by atoms with van der Waals surface area (Å²) in [4.78, 5) is 1.61. The fourth-order valence-electron chi connectivity index (χ4n) is 3.49. The first-order valence-electron chi connectivity index (χ1n) is 10.4. The lowest BCUT2D eigenvalue weighted by molar-refractivity contribution is 0.459. The molecule has 0 atom stereocenters. The molecule has 144 valence electrons. The highest BCUT2D eigenvalue weighted by Gasteiger charge is 2.15. The first kappa shape index (κ1) is 19.4. The van der Waals surface area contributed by atoms with Crippen molar-refractivity contribution in [2.45, 2.75) is 72.1 Å². The molecule has 2 aromatic carbocycles. The minimum atomic E-state index is 0.317. The van der Waals surface area contributed by atoms with E-state index in [0.29, 0.717) is 11.4 Å². The molecule has 1 aromatic heterocycles. The summed E-state index contributed by atoms with van der Waals surface area (Å²) in [5.41, 5.74) is 5.99. The summed E-state index contributed by atoms with van der Waals surface area (Å²) < 4.78 is 0. The third-order valence-corrected chi connectivity index (χ3v) is 5.05. The number of hydrogen-bond donors (Lipinski definition) is 1. The van der Waals surface area contributed by atoms with E-state index >= 15 is 0 Å². The van der Waals surface area contributed by atoms with Crippen LogP contribution in [0.15, 0.2) is 30.3 Å². The molecule has 0 spiro atoms. The van der Waals surface area contributed by atoms with Crippen LogP contribution in [0.3, 0.4) is 0 Å². The van der Waals surface area contributed by atoms with Crippen LogP contribution in [0.25, 0.3) is 16.7 Å². The number of benzene rings is 2. The minimum Gasteiger partial charge on any atom is -0.505 e. The van der Waals surface area contributed by atoms with E-state index in [0.717, 1.165) is 68.0 Å². The van der Waals surface area contributed by atoms with Gasteiger partial charge in [-0.05, 0) is 67.0 Å². The molecule has 0 unspecified atom stereocenters. The van der Waals surface area contributed by atoms with Gasteiger partial charge in [-0.2, -0.15) is 0 Å². The van der Waals surface area contributed by atoms with Gasteiger partial charge in [0.05, 0.1) is 0 Å². The summed E-state index contributed by atoms with van der Waals surface area (Å²) in [6, 6.07) is 10.5. The first-order valence-corrected chi connectivity index (χ1v) is 10.4. The molecule has 1 heterocycles. The number of rotatable bonds is 9. The molecule has 0 aliphatic carbocycles. The highest BCUT2D eigenvalue weighted by atomic mass is 16.3. The number of phenolic OH excluding ortho intramolecular Hbond substituents is 1. The number of nitrogens with zero attached hydrogens (tertiary/aromatic N) is 3. The normalized spacial score (nSPS) is 11.4. The Morgan fingerprint density at radius 1 is 0.778 bits per heavy atom. The number of aryl methyl sites for hydroxylation is 3. The fraction of sp³-hybridized carbons (Fsp3) is 0.478. The lowest BCUT2D eigenvalue weighted by Crippen LogP contribution is -2.03. The minimum absolute atomic E-state index is 0.317. The number of aromatic hydroxyl groups is 1. The van der Waals surface area contributed by atoms with Crippen molar-refractivity contribution in [1.82, 2.24) is 15.0 Å². The maximum absolute atomic E-state index is 10.9. The van der Waals surface area contributed by atoms with Gasteiger partial charge in [-0.15, -0.1) is 15.0 Å². The SMILES string of the molecule is CCCCc1cc(CCCC)c(O)c(-n2nc3ccc(CCC)cc3n2)c1. The number of fused-ring (bicyclic) bond motifs is 1. The van der Waals surface area contributed by atoms with Crippen LogP contribution < -0.4 is 0 Å². The van der Waals surface area contributed by atoms with E-state index in [2.05, 4.69) is 49.2 Å². The third-order valence-electron chi connectivity index (χ3n) is 5.05. The summed E-state index contributed by atoms with van der Waals surface area (Å²) >= 11 is 0. The number of phenols is 1. The molecular weight excluding hydrogens is 334 g/mol. The highest BCUT2D eigenvalue weighted by molar-refractivity contribution is 5.75. The van der Waals surface area contributed by atoms with Crippen molar-refractivity contribution >= 4 is 11.0 Å². The number of aromatic nitrogens is 3. The van der Waals surface area contributed by atoms with Crippen molar-refractivity contribution in [3.05, 3.63) is 47.0 Å². The molecule has 3 aromatic rings. The van der Waals surface area contributed by atoms with Crippen molar-refractivity contribution in [1.29, 1.82) is 0 Å². The summed E-state index contributed by atoms with van der Waals surface area (Å²) in [6.45, 7) is 6.56. The van der Waals surface area contributed by atoms with Gasteiger partial charge in [-0.1, -0.05) is 52.2 Å². The van der Waals surface area contributed by atoms with Crippen molar-refractivity contribution in [3.63, 3.8) is 0 Å². The zero-order valence-corrected chi connectivity index (χ0v) is 16.8. The van der Waals surface area contributed by atoms with Crippen LogP contribution in [0.1, 0.15) is 69.6 Å². The Balaban J connectivity index is 2.03. The second-order valence-electron chi connectivity index (χ2n) is 7.39. The van der Waals surface area contributed by atoms with E-state index in [1.54, 1.807) is 4.80 Å². The molecule has 0 aliphatic heterocycles. The second-order valence-corrected chi connectivity index (χ2v) is 7.39. The van der Waals surface area contributed by atoms with Gasteiger partial charge in [0.1, 0.15) is 22.5 Å². The predicted octanol–water partition coefficient (Wildman–Crippen LogP) is 5.76. The Morgan fingerprint density at radius 3 is 2.26 bits per heavy atom. The molecule has 4 nitrogen and oxygen atoms in total. The maximum atomic E-state index is 10.9. The molecule has 0 amide bonds. The van der Waals surface area contributed by atoms with Crippen molar-refractivity contribution < 1.29 is 5.11 Å². The summed E-state index contributed by atoms with van der Waals surface area (Å²) in [6.07, 6.45) is 8.54. The van der Waals surface area contributed by atoms with Crippen LogP contribution in [0, 0.1) is 0 Å². The van der Waals surface area contributed by atoms with Crippen LogP contribution in [-0.4, -0.2) is 20.1 Å². The van der Waals surface area contributed by atoms with E-state index < -0.39 is 0 Å². The van der Waals surface area contributed by atoms with Crippen molar-refractivity contribution in [2.24, 2.45) is 0 Å². The Kier molecular flexibility index (Phi) is 6.49. The average Bonchev–Trinajstić information content (AvgIpc) is 3.09. The standard InChI is InChI=1S/C23H31N3O/c1-4-7-10-18-14-19(11-8-5-2)23(27)22(16-18)26-24-20-13-12-17(9-6-3)15-21(20)25-26/h12-16,27H,4-11H2,1-3H3. The number of hydrogen-bond acceptors (Lipinski definition) is 3. The molecule has 27 heavy (non-hydrogen) atoms. The van der Waals surface area contributed by atoms with E-state index in [4.69, 9.17) is 0 Å². The van der Waals surface area contributed by atoms with E-state index in [1.807, 2.05) is 12.1 Å². The zero-order chi connectivity index (χ0) is 19.2. The van der Waals surface area contributed by atoms with Gasteiger partial charge < -0.3 is 5.11 Å². The first-order chi connectivity index (χ1) is 13.2. The molecule has 3 rings (SSSR count). The molecule has 0 radical (unpaired) electrons. The monoisotopic (exact) mass is 365 g/mol. The summed E-state index contributed by atoms with van der Waals surface area (Å²) in [5, 5.41) is 20.2. The Bertz CT molecular complexity index is 898. The quantitative estimate of drug-likeness (QED) is 0.524. The molecule has 4 heteroatoms. The largest absolute Gasteiger partial charge is 0.505 e. The zero-order valence-electron chi connectivity index (χ0n) is 16.8. The Morgan fingerprint density at radius 2 is 1.52 bits per heavy atom. The van der Waals surface area contributed by atoms with Crippen molar-refractivity contribution in [2.75, 3.05) is 0 Å². The van der Waals surface area contributed by atoms with Crippen LogP contribution in [-0.2, 0) is 19.3 Å². The van der Waals surface area contributed by atoms with Crippen LogP contribution in [0.5, 0.6) is 5.75 Å². The third kappa shape index (κ3) is 4.49. The van der Waals surface area contributed by atoms with Crippen LogP contribution >= 0.6 is 0 Å². The molecule has 0 saturated heterocycles. The molecule has 0 bridgehead atoms. The molecule has 0 fully saturated rings. The second kappa shape index (κ2) is 9.03. The summed E-state index contributed by atoms with van der Waals surface area (Å²) in [5.74, 6) is 0.317. The highest BCUT2D eigenvalue weighted by Crippen LogP contribution is 2.30. The van der Waals surface area contributed by atoms with Gasteiger partial charge in [0.25, 0.3) is 0 Å². The topological polar surface area (TPSA) is 50.9 Å². The lowest BCUT2D eigenvalue weighted by Gasteiger charge is -2.12.